The molecule has 1 heterocycles. The quantitative estimate of drug-likeness (QED) is 0.828. The number of anilines is 1. The number of rotatable bonds is 2. The first-order valence-corrected chi connectivity index (χ1v) is 5.47. The maximum absolute atomic E-state index is 12.1. The summed E-state index contributed by atoms with van der Waals surface area (Å²) in [5.41, 5.74) is 0. The Hall–Kier alpha value is -0.560. The maximum Gasteiger partial charge on any atom is 0.452 e. The minimum atomic E-state index is -4.47. The van der Waals surface area contributed by atoms with Crippen molar-refractivity contribution < 1.29 is 13.2 Å². The second-order valence-corrected chi connectivity index (χ2v) is 4.70. The van der Waals surface area contributed by atoms with E-state index in [0.29, 0.717) is 0 Å². The summed E-state index contributed by atoms with van der Waals surface area (Å²) >= 11 is 6.46. The Morgan fingerprint density at radius 2 is 2.07 bits per heavy atom. The number of nitrogens with one attached hydrogen (secondary N) is 1. The lowest BCUT2D eigenvalue weighted by Gasteiger charge is -2.31. The van der Waals surface area contributed by atoms with Crippen molar-refractivity contribution in [3.05, 3.63) is 5.82 Å². The van der Waals surface area contributed by atoms with Gasteiger partial charge in [0.15, 0.2) is 0 Å². The maximum atomic E-state index is 12.1. The molecule has 1 aliphatic rings. The van der Waals surface area contributed by atoms with E-state index in [0.717, 1.165) is 24.4 Å². The molecule has 0 saturated heterocycles. The Bertz CT molecular complexity index is 347. The number of alkyl halides is 4. The number of hydrogen-bond donors (Lipinski definition) is 1. The van der Waals surface area contributed by atoms with Crippen LogP contribution in [0.15, 0.2) is 0 Å². The molecule has 1 aliphatic carbocycles. The highest BCUT2D eigenvalue weighted by molar-refractivity contribution is 7.09. The largest absolute Gasteiger partial charge is 0.452 e. The molecule has 1 N–H and O–H groups in total. The Labute approximate surface area is 92.8 Å². The van der Waals surface area contributed by atoms with E-state index in [2.05, 4.69) is 14.7 Å². The van der Waals surface area contributed by atoms with Gasteiger partial charge in [0.05, 0.1) is 0 Å². The van der Waals surface area contributed by atoms with Gasteiger partial charge < -0.3 is 5.32 Å². The van der Waals surface area contributed by atoms with E-state index in [-0.39, 0.29) is 16.6 Å². The van der Waals surface area contributed by atoms with Crippen molar-refractivity contribution in [1.29, 1.82) is 0 Å². The first-order chi connectivity index (χ1) is 6.95. The summed E-state index contributed by atoms with van der Waals surface area (Å²) in [7, 11) is 0. The van der Waals surface area contributed by atoms with Crippen LogP contribution in [-0.2, 0) is 6.18 Å². The van der Waals surface area contributed by atoms with E-state index in [4.69, 9.17) is 11.6 Å². The van der Waals surface area contributed by atoms with Crippen LogP contribution in [0, 0.1) is 0 Å². The smallest absolute Gasteiger partial charge is 0.357 e. The number of halogens is 4. The van der Waals surface area contributed by atoms with Crippen LogP contribution >= 0.6 is 23.1 Å². The van der Waals surface area contributed by atoms with Gasteiger partial charge >= 0.3 is 6.18 Å². The van der Waals surface area contributed by atoms with Crippen LogP contribution in [0.3, 0.4) is 0 Å². The first kappa shape index (κ1) is 10.9. The van der Waals surface area contributed by atoms with Crippen molar-refractivity contribution in [2.24, 2.45) is 0 Å². The SMILES string of the molecule is FC(F)(F)c1nsc(NC2CC(Cl)C2)n1. The van der Waals surface area contributed by atoms with E-state index < -0.39 is 12.0 Å². The molecule has 1 saturated carbocycles. The highest BCUT2D eigenvalue weighted by Gasteiger charge is 2.36. The third kappa shape index (κ3) is 2.52. The van der Waals surface area contributed by atoms with Crippen LogP contribution < -0.4 is 5.32 Å². The second kappa shape index (κ2) is 3.79. The lowest BCUT2D eigenvalue weighted by atomic mass is 9.93. The highest BCUT2D eigenvalue weighted by atomic mass is 35.5. The first-order valence-electron chi connectivity index (χ1n) is 4.26. The predicted molar refractivity (Wildman–Crippen MR) is 51.2 cm³/mol. The van der Waals surface area contributed by atoms with Crippen molar-refractivity contribution in [3.8, 4) is 0 Å². The zero-order chi connectivity index (χ0) is 11.1. The molecule has 1 aromatic rings. The van der Waals surface area contributed by atoms with Crippen molar-refractivity contribution in [2.75, 3.05) is 5.32 Å². The van der Waals surface area contributed by atoms with E-state index in [9.17, 15) is 13.2 Å². The van der Waals surface area contributed by atoms with Crippen molar-refractivity contribution in [2.45, 2.75) is 30.4 Å². The van der Waals surface area contributed by atoms with Gasteiger partial charge in [0.25, 0.3) is 0 Å². The van der Waals surface area contributed by atoms with Gasteiger partial charge in [0.1, 0.15) is 0 Å². The minimum Gasteiger partial charge on any atom is -0.357 e. The lowest BCUT2D eigenvalue weighted by Crippen LogP contribution is -2.35. The Kier molecular flexibility index (Phi) is 2.76. The van der Waals surface area contributed by atoms with Crippen LogP contribution in [0.4, 0.5) is 18.3 Å². The molecular formula is C7H7ClF3N3S. The van der Waals surface area contributed by atoms with Gasteiger partial charge in [-0.2, -0.15) is 22.5 Å². The Balaban J connectivity index is 1.96. The van der Waals surface area contributed by atoms with Crippen molar-refractivity contribution in [1.82, 2.24) is 9.36 Å². The van der Waals surface area contributed by atoms with Gasteiger partial charge in [-0.25, -0.2) is 0 Å². The molecule has 0 atom stereocenters. The van der Waals surface area contributed by atoms with Gasteiger partial charge in [-0.3, -0.25) is 0 Å². The minimum absolute atomic E-state index is 0.123. The standard InChI is InChI=1S/C7H7ClF3N3S/c8-3-1-4(2-3)12-6-13-5(14-15-6)7(9,10)11/h3-4H,1-2H2,(H,12,13,14). The number of nitrogens with zero attached hydrogens (tertiary/aromatic N) is 2. The molecule has 0 radical (unpaired) electrons. The summed E-state index contributed by atoms with van der Waals surface area (Å²) in [6, 6.07) is 0.126. The second-order valence-electron chi connectivity index (χ2n) is 3.33. The molecule has 1 aromatic heterocycles. The molecule has 2 rings (SSSR count). The summed E-state index contributed by atoms with van der Waals surface area (Å²) in [5, 5.41) is 3.19. The van der Waals surface area contributed by atoms with Gasteiger partial charge in [-0.15, -0.1) is 11.6 Å². The molecule has 8 heteroatoms. The molecule has 0 bridgehead atoms. The van der Waals surface area contributed by atoms with E-state index in [1.165, 1.54) is 0 Å². The molecule has 0 spiro atoms. The third-order valence-electron chi connectivity index (χ3n) is 2.09. The fourth-order valence-corrected chi connectivity index (χ4v) is 2.33. The van der Waals surface area contributed by atoms with Crippen LogP contribution in [0.1, 0.15) is 18.7 Å². The van der Waals surface area contributed by atoms with Gasteiger partial charge in [-0.05, 0) is 12.8 Å². The van der Waals surface area contributed by atoms with Crippen LogP contribution in [0.25, 0.3) is 0 Å². The van der Waals surface area contributed by atoms with Crippen molar-refractivity contribution >= 4 is 28.3 Å². The van der Waals surface area contributed by atoms with Crippen LogP contribution in [0.5, 0.6) is 0 Å². The van der Waals surface area contributed by atoms with Crippen LogP contribution in [-0.4, -0.2) is 20.8 Å². The van der Waals surface area contributed by atoms with Gasteiger partial charge in [0, 0.05) is 23.0 Å². The van der Waals surface area contributed by atoms with E-state index >= 15 is 0 Å². The molecule has 84 valence electrons. The number of aromatic nitrogens is 2. The Morgan fingerprint density at radius 3 is 2.53 bits per heavy atom. The molecule has 15 heavy (non-hydrogen) atoms. The van der Waals surface area contributed by atoms with Gasteiger partial charge in [-0.1, -0.05) is 0 Å². The molecule has 0 unspecified atom stereocenters. The van der Waals surface area contributed by atoms with Crippen LogP contribution in [0.2, 0.25) is 0 Å². The highest BCUT2D eigenvalue weighted by Crippen LogP contribution is 2.32. The van der Waals surface area contributed by atoms with Gasteiger partial charge in [0.2, 0.25) is 11.0 Å². The fourth-order valence-electron chi connectivity index (χ4n) is 1.24. The molecule has 0 aliphatic heterocycles. The zero-order valence-electron chi connectivity index (χ0n) is 7.38. The number of hydrogen-bond acceptors (Lipinski definition) is 4. The fraction of sp³-hybridized carbons (Fsp3) is 0.714. The average molecular weight is 258 g/mol. The zero-order valence-corrected chi connectivity index (χ0v) is 8.96. The third-order valence-corrected chi connectivity index (χ3v) is 3.09. The van der Waals surface area contributed by atoms with E-state index in [1.807, 2.05) is 0 Å². The normalized spacial score (nSPS) is 26.1. The summed E-state index contributed by atoms with van der Waals surface area (Å²) in [6.45, 7) is 0. The Morgan fingerprint density at radius 1 is 1.40 bits per heavy atom. The predicted octanol–water partition coefficient (Wildman–Crippen LogP) is 2.74. The molecular weight excluding hydrogens is 251 g/mol. The van der Waals surface area contributed by atoms with Crippen molar-refractivity contribution in [3.63, 3.8) is 0 Å². The summed E-state index contributed by atoms with van der Waals surface area (Å²) in [6.07, 6.45) is -2.96. The summed E-state index contributed by atoms with van der Waals surface area (Å²) in [4.78, 5) is 3.36. The lowest BCUT2D eigenvalue weighted by molar-refractivity contribution is -0.144. The molecule has 1 fully saturated rings. The molecule has 0 amide bonds. The summed E-state index contributed by atoms with van der Waals surface area (Å²) in [5.74, 6) is -1.09. The monoisotopic (exact) mass is 257 g/mol. The average Bonchev–Trinajstić information content (AvgIpc) is 2.49. The summed E-state index contributed by atoms with van der Waals surface area (Å²) < 4.78 is 39.6. The molecule has 0 aromatic carbocycles. The molecule has 3 nitrogen and oxygen atoms in total. The topological polar surface area (TPSA) is 37.8 Å². The van der Waals surface area contributed by atoms with E-state index in [1.54, 1.807) is 0 Å².